The SMILES string of the molecule is COc1ccc(C(C)NCCc2cscn2)cc1Br. The van der Waals surface area contributed by atoms with Gasteiger partial charge in [-0.2, -0.15) is 0 Å². The van der Waals surface area contributed by atoms with Crippen molar-refractivity contribution in [2.24, 2.45) is 0 Å². The number of benzene rings is 1. The molecule has 0 bridgehead atoms. The van der Waals surface area contributed by atoms with Crippen LogP contribution in [0.3, 0.4) is 0 Å². The van der Waals surface area contributed by atoms with E-state index in [-0.39, 0.29) is 0 Å². The molecular formula is C14H17BrN2OS. The zero-order valence-corrected chi connectivity index (χ0v) is 13.4. The standard InChI is InChI=1S/C14H17BrN2OS/c1-10(16-6-5-12-8-19-9-17-12)11-3-4-14(18-2)13(15)7-11/h3-4,7-10,16H,5-6H2,1-2H3. The van der Waals surface area contributed by atoms with Crippen molar-refractivity contribution < 1.29 is 4.74 Å². The molecule has 1 aromatic carbocycles. The zero-order chi connectivity index (χ0) is 13.7. The van der Waals surface area contributed by atoms with Crippen LogP contribution in [0.2, 0.25) is 0 Å². The lowest BCUT2D eigenvalue weighted by Gasteiger charge is -2.15. The van der Waals surface area contributed by atoms with Gasteiger partial charge in [-0.3, -0.25) is 0 Å². The molecule has 3 nitrogen and oxygen atoms in total. The molecule has 0 spiro atoms. The second-order valence-electron chi connectivity index (χ2n) is 4.30. The molecule has 0 saturated heterocycles. The Labute approximate surface area is 126 Å². The van der Waals surface area contributed by atoms with Crippen LogP contribution in [0.4, 0.5) is 0 Å². The molecule has 5 heteroatoms. The normalized spacial score (nSPS) is 12.4. The molecule has 1 atom stereocenters. The second-order valence-corrected chi connectivity index (χ2v) is 5.87. The predicted octanol–water partition coefficient (Wildman–Crippen LogP) is 3.81. The van der Waals surface area contributed by atoms with Gasteiger partial charge in [-0.15, -0.1) is 11.3 Å². The molecule has 102 valence electrons. The van der Waals surface area contributed by atoms with Crippen molar-refractivity contribution >= 4 is 27.3 Å². The Morgan fingerprint density at radius 2 is 2.32 bits per heavy atom. The van der Waals surface area contributed by atoms with Crippen LogP contribution in [0.1, 0.15) is 24.2 Å². The molecule has 1 unspecified atom stereocenters. The lowest BCUT2D eigenvalue weighted by molar-refractivity contribution is 0.411. The molecule has 0 saturated carbocycles. The summed E-state index contributed by atoms with van der Waals surface area (Å²) in [4.78, 5) is 4.28. The molecule has 0 fully saturated rings. The fraction of sp³-hybridized carbons (Fsp3) is 0.357. The molecule has 2 aromatic rings. The first-order valence-corrected chi connectivity index (χ1v) is 7.88. The molecule has 1 heterocycles. The third-order valence-corrected chi connectivity index (χ3v) is 4.25. The minimum absolute atomic E-state index is 0.306. The van der Waals surface area contributed by atoms with Gasteiger partial charge in [0.05, 0.1) is 22.8 Å². The van der Waals surface area contributed by atoms with Gasteiger partial charge in [0.25, 0.3) is 0 Å². The molecule has 19 heavy (non-hydrogen) atoms. The van der Waals surface area contributed by atoms with E-state index in [0.717, 1.165) is 28.9 Å². The number of nitrogens with zero attached hydrogens (tertiary/aromatic N) is 1. The van der Waals surface area contributed by atoms with Gasteiger partial charge in [-0.05, 0) is 40.5 Å². The largest absolute Gasteiger partial charge is 0.496 e. The van der Waals surface area contributed by atoms with Gasteiger partial charge in [0.2, 0.25) is 0 Å². The highest BCUT2D eigenvalue weighted by molar-refractivity contribution is 9.10. The van der Waals surface area contributed by atoms with Crippen molar-refractivity contribution in [3.63, 3.8) is 0 Å². The Hall–Kier alpha value is -0.910. The number of methoxy groups -OCH3 is 1. The average molecular weight is 341 g/mol. The summed E-state index contributed by atoms with van der Waals surface area (Å²) in [6.45, 7) is 3.09. The molecule has 0 amide bonds. The third kappa shape index (κ3) is 4.03. The molecular weight excluding hydrogens is 324 g/mol. The molecule has 0 aliphatic heterocycles. The number of aromatic nitrogens is 1. The lowest BCUT2D eigenvalue weighted by Crippen LogP contribution is -2.21. The van der Waals surface area contributed by atoms with Crippen LogP contribution >= 0.6 is 27.3 Å². The molecule has 1 aromatic heterocycles. The zero-order valence-electron chi connectivity index (χ0n) is 11.0. The molecule has 0 aliphatic rings. The second kappa shape index (κ2) is 7.03. The number of hydrogen-bond donors (Lipinski definition) is 1. The summed E-state index contributed by atoms with van der Waals surface area (Å²) < 4.78 is 6.22. The van der Waals surface area contributed by atoms with Gasteiger partial charge in [-0.1, -0.05) is 6.07 Å². The minimum atomic E-state index is 0.306. The van der Waals surface area contributed by atoms with Crippen LogP contribution < -0.4 is 10.1 Å². The maximum Gasteiger partial charge on any atom is 0.133 e. The van der Waals surface area contributed by atoms with Crippen molar-refractivity contribution in [3.05, 3.63) is 44.8 Å². The number of ether oxygens (including phenoxy) is 1. The minimum Gasteiger partial charge on any atom is -0.496 e. The van der Waals surface area contributed by atoms with Gasteiger partial charge < -0.3 is 10.1 Å². The molecule has 2 rings (SSSR count). The summed E-state index contributed by atoms with van der Waals surface area (Å²) in [7, 11) is 1.68. The number of thiazole rings is 1. The third-order valence-electron chi connectivity index (χ3n) is 2.99. The summed E-state index contributed by atoms with van der Waals surface area (Å²) in [5.41, 5.74) is 4.27. The van der Waals surface area contributed by atoms with E-state index in [1.165, 1.54) is 5.56 Å². The van der Waals surface area contributed by atoms with Crippen LogP contribution in [-0.2, 0) is 6.42 Å². The Morgan fingerprint density at radius 3 is 2.95 bits per heavy atom. The molecule has 0 radical (unpaired) electrons. The number of hydrogen-bond acceptors (Lipinski definition) is 4. The van der Waals surface area contributed by atoms with E-state index in [2.05, 4.69) is 50.7 Å². The van der Waals surface area contributed by atoms with Crippen LogP contribution in [0.5, 0.6) is 5.75 Å². The number of rotatable bonds is 6. The van der Waals surface area contributed by atoms with E-state index in [1.807, 2.05) is 11.6 Å². The number of nitrogens with one attached hydrogen (secondary N) is 1. The fourth-order valence-electron chi connectivity index (χ4n) is 1.85. The van der Waals surface area contributed by atoms with Gasteiger partial charge in [0.1, 0.15) is 5.75 Å². The van der Waals surface area contributed by atoms with Gasteiger partial charge >= 0.3 is 0 Å². The van der Waals surface area contributed by atoms with E-state index in [9.17, 15) is 0 Å². The van der Waals surface area contributed by atoms with E-state index < -0.39 is 0 Å². The van der Waals surface area contributed by atoms with Gasteiger partial charge in [0.15, 0.2) is 0 Å². The van der Waals surface area contributed by atoms with Gasteiger partial charge in [0, 0.05) is 24.4 Å². The van der Waals surface area contributed by atoms with Crippen LogP contribution in [0.15, 0.2) is 33.6 Å². The van der Waals surface area contributed by atoms with Crippen LogP contribution in [-0.4, -0.2) is 18.6 Å². The highest BCUT2D eigenvalue weighted by Crippen LogP contribution is 2.27. The smallest absolute Gasteiger partial charge is 0.133 e. The van der Waals surface area contributed by atoms with Crippen molar-refractivity contribution in [1.29, 1.82) is 0 Å². The van der Waals surface area contributed by atoms with Crippen LogP contribution in [0.25, 0.3) is 0 Å². The van der Waals surface area contributed by atoms with Crippen molar-refractivity contribution in [2.75, 3.05) is 13.7 Å². The van der Waals surface area contributed by atoms with Crippen molar-refractivity contribution in [1.82, 2.24) is 10.3 Å². The molecule has 1 N–H and O–H groups in total. The summed E-state index contributed by atoms with van der Waals surface area (Å²) in [5, 5.41) is 5.60. The topological polar surface area (TPSA) is 34.1 Å². The van der Waals surface area contributed by atoms with E-state index in [1.54, 1.807) is 18.4 Å². The Morgan fingerprint density at radius 1 is 1.47 bits per heavy atom. The Bertz CT molecular complexity index is 516. The fourth-order valence-corrected chi connectivity index (χ4v) is 3.00. The summed E-state index contributed by atoms with van der Waals surface area (Å²) in [6, 6.07) is 6.47. The first-order valence-electron chi connectivity index (χ1n) is 6.14. The predicted molar refractivity (Wildman–Crippen MR) is 82.9 cm³/mol. The Balaban J connectivity index is 1.88. The van der Waals surface area contributed by atoms with E-state index in [4.69, 9.17) is 4.74 Å². The van der Waals surface area contributed by atoms with Crippen molar-refractivity contribution in [2.45, 2.75) is 19.4 Å². The summed E-state index contributed by atoms with van der Waals surface area (Å²) >= 11 is 5.16. The number of halogens is 1. The van der Waals surface area contributed by atoms with Crippen molar-refractivity contribution in [3.8, 4) is 5.75 Å². The maximum absolute atomic E-state index is 5.24. The highest BCUT2D eigenvalue weighted by Gasteiger charge is 2.08. The highest BCUT2D eigenvalue weighted by atomic mass is 79.9. The summed E-state index contributed by atoms with van der Waals surface area (Å²) in [6.07, 6.45) is 0.963. The lowest BCUT2D eigenvalue weighted by atomic mass is 10.1. The summed E-state index contributed by atoms with van der Waals surface area (Å²) in [5.74, 6) is 0.860. The van der Waals surface area contributed by atoms with Crippen LogP contribution in [0, 0.1) is 0 Å². The van der Waals surface area contributed by atoms with E-state index >= 15 is 0 Å². The van der Waals surface area contributed by atoms with Gasteiger partial charge in [-0.25, -0.2) is 4.98 Å². The first kappa shape index (κ1) is 14.5. The Kier molecular flexibility index (Phi) is 5.36. The first-order chi connectivity index (χ1) is 9.20. The molecule has 0 aliphatic carbocycles. The van der Waals surface area contributed by atoms with E-state index in [0.29, 0.717) is 6.04 Å². The average Bonchev–Trinajstić information content (AvgIpc) is 2.91. The quantitative estimate of drug-likeness (QED) is 0.868. The monoisotopic (exact) mass is 340 g/mol. The maximum atomic E-state index is 5.24.